The first-order valence-corrected chi connectivity index (χ1v) is 18.3. The lowest BCUT2D eigenvalue weighted by molar-refractivity contribution is -0.288. The van der Waals surface area contributed by atoms with E-state index in [-0.39, 0.29) is 35.0 Å². The summed E-state index contributed by atoms with van der Waals surface area (Å²) in [4.78, 5) is 98.5. The first kappa shape index (κ1) is 44.0. The van der Waals surface area contributed by atoms with Crippen molar-refractivity contribution < 1.29 is 85.7 Å². The van der Waals surface area contributed by atoms with Crippen molar-refractivity contribution in [3.05, 3.63) is 83.4 Å². The number of rotatable bonds is 13. The summed E-state index contributed by atoms with van der Waals surface area (Å²) in [5, 5.41) is 0. The van der Waals surface area contributed by atoms with Crippen LogP contribution in [0.1, 0.15) is 75.6 Å². The van der Waals surface area contributed by atoms with Crippen LogP contribution in [-0.4, -0.2) is 84.9 Å². The SMILES string of the molecule is CC(=O)Oc1ccc(/C=C\C(=O)OC[C@@H]2O[C@@H](Oc3cc(OC(C)=O)c4c(c3)O[C@H](c3ccc(OC(C)=O)cc3)CC4=O)[C@@H](OC(C)=O)[C@H](OC(C)=O)[C@H]2OC(C)=O)cc1. The molecule has 18 nitrogen and oxygen atoms in total. The third-order valence-corrected chi connectivity index (χ3v) is 8.42. The number of Topliss-reactive ketones (excluding diaryl/α,β-unsaturated/α-hetero) is 1. The molecule has 5 rings (SSSR count). The number of hydrogen-bond acceptors (Lipinski definition) is 18. The van der Waals surface area contributed by atoms with Crippen molar-refractivity contribution in [1.82, 2.24) is 0 Å². The van der Waals surface area contributed by atoms with Gasteiger partial charge in [0, 0.05) is 59.8 Å². The van der Waals surface area contributed by atoms with E-state index in [1.54, 1.807) is 24.3 Å². The number of ether oxygens (including phenoxy) is 10. The number of carbonyl (C=O) groups is 8. The van der Waals surface area contributed by atoms with Gasteiger partial charge in [-0.25, -0.2) is 4.79 Å². The molecular formula is C42H40O18. The minimum Gasteiger partial charge on any atom is -0.484 e. The molecule has 3 aromatic rings. The molecule has 0 unspecified atom stereocenters. The fourth-order valence-corrected chi connectivity index (χ4v) is 6.21. The molecule has 2 heterocycles. The van der Waals surface area contributed by atoms with Gasteiger partial charge in [-0.2, -0.15) is 0 Å². The molecule has 0 spiro atoms. The van der Waals surface area contributed by atoms with Crippen molar-refractivity contribution >= 4 is 53.6 Å². The minimum absolute atomic E-state index is 0.0680. The number of benzene rings is 3. The molecule has 6 atom stereocenters. The molecule has 0 saturated carbocycles. The molecule has 60 heavy (non-hydrogen) atoms. The van der Waals surface area contributed by atoms with Crippen molar-refractivity contribution in [2.24, 2.45) is 0 Å². The first-order valence-electron chi connectivity index (χ1n) is 18.3. The van der Waals surface area contributed by atoms with Gasteiger partial charge >= 0.3 is 41.8 Å². The monoisotopic (exact) mass is 832 g/mol. The van der Waals surface area contributed by atoms with E-state index in [4.69, 9.17) is 47.4 Å². The van der Waals surface area contributed by atoms with E-state index in [0.29, 0.717) is 16.9 Å². The Balaban J connectivity index is 1.46. The second kappa shape index (κ2) is 19.6. The van der Waals surface area contributed by atoms with Gasteiger partial charge in [-0.15, -0.1) is 0 Å². The predicted molar refractivity (Wildman–Crippen MR) is 202 cm³/mol. The standard InChI is InChI=1S/C42H40O18/c1-21(43)52-29-12-7-27(8-13-29)9-16-37(50)51-20-36-39(55-24(4)46)40(56-25(5)47)41(57-26(6)48)42(60-36)58-31-17-34(54-23(3)45)38-32(49)19-33(59-35(38)18-31)28-10-14-30(15-11-28)53-22(2)44/h7-18,33,36,39-42H,19-20H2,1-6H3/b16-9-/t33-,36-,39-,40+,41-,42+/m0/s1. The Morgan fingerprint density at radius 1 is 0.650 bits per heavy atom. The van der Waals surface area contributed by atoms with Crippen LogP contribution in [0.5, 0.6) is 28.7 Å². The van der Waals surface area contributed by atoms with Gasteiger partial charge in [-0.3, -0.25) is 33.6 Å². The Kier molecular flexibility index (Phi) is 14.4. The maximum Gasteiger partial charge on any atom is 0.330 e. The maximum atomic E-state index is 13.6. The molecule has 316 valence electrons. The quantitative estimate of drug-likeness (QED) is 0.101. The Hall–Kier alpha value is -7.08. The molecule has 2 aliphatic heterocycles. The Morgan fingerprint density at radius 3 is 1.77 bits per heavy atom. The van der Waals surface area contributed by atoms with Gasteiger partial charge in [0.05, 0.1) is 6.42 Å². The van der Waals surface area contributed by atoms with Crippen LogP contribution in [0.3, 0.4) is 0 Å². The maximum absolute atomic E-state index is 13.6. The van der Waals surface area contributed by atoms with E-state index >= 15 is 0 Å². The van der Waals surface area contributed by atoms with E-state index in [0.717, 1.165) is 33.8 Å². The van der Waals surface area contributed by atoms with E-state index in [1.165, 1.54) is 56.3 Å². The van der Waals surface area contributed by atoms with Gasteiger partial charge in [0.15, 0.2) is 18.0 Å². The van der Waals surface area contributed by atoms with E-state index in [9.17, 15) is 38.4 Å². The van der Waals surface area contributed by atoms with Crippen molar-refractivity contribution in [3.8, 4) is 28.7 Å². The van der Waals surface area contributed by atoms with Crippen LogP contribution >= 0.6 is 0 Å². The zero-order chi connectivity index (χ0) is 43.7. The summed E-state index contributed by atoms with van der Waals surface area (Å²) in [6, 6.07) is 15.0. The van der Waals surface area contributed by atoms with Crippen molar-refractivity contribution in [3.63, 3.8) is 0 Å². The van der Waals surface area contributed by atoms with E-state index in [2.05, 4.69) is 0 Å². The van der Waals surface area contributed by atoms with Gasteiger partial charge in [-0.05, 0) is 41.5 Å². The summed E-state index contributed by atoms with van der Waals surface area (Å²) in [5.41, 5.74) is 1.02. The Labute approximate surface area is 342 Å². The topological polar surface area (TPSA) is 229 Å². The molecule has 0 amide bonds. The largest absolute Gasteiger partial charge is 0.484 e. The molecule has 0 bridgehead atoms. The lowest BCUT2D eigenvalue weighted by Crippen LogP contribution is -2.63. The lowest BCUT2D eigenvalue weighted by Gasteiger charge is -2.44. The first-order chi connectivity index (χ1) is 28.4. The fourth-order valence-electron chi connectivity index (χ4n) is 6.21. The van der Waals surface area contributed by atoms with Crippen LogP contribution in [0.2, 0.25) is 0 Å². The van der Waals surface area contributed by atoms with Crippen LogP contribution in [0.4, 0.5) is 0 Å². The molecule has 1 saturated heterocycles. The predicted octanol–water partition coefficient (Wildman–Crippen LogP) is 4.32. The highest BCUT2D eigenvalue weighted by Gasteiger charge is 2.53. The molecule has 0 radical (unpaired) electrons. The average molecular weight is 833 g/mol. The highest BCUT2D eigenvalue weighted by molar-refractivity contribution is 6.03. The lowest BCUT2D eigenvalue weighted by atomic mass is 9.95. The second-order valence-corrected chi connectivity index (χ2v) is 13.3. The summed E-state index contributed by atoms with van der Waals surface area (Å²) in [6.07, 6.45) is -6.35. The Bertz CT molecular complexity index is 2170. The van der Waals surface area contributed by atoms with Crippen LogP contribution in [0.25, 0.3) is 6.08 Å². The highest BCUT2D eigenvalue weighted by Crippen LogP contribution is 2.44. The summed E-state index contributed by atoms with van der Waals surface area (Å²) in [7, 11) is 0. The normalized spacial score (nSPS) is 20.7. The van der Waals surface area contributed by atoms with Crippen LogP contribution in [0.15, 0.2) is 66.7 Å². The molecule has 0 aliphatic carbocycles. The molecule has 3 aromatic carbocycles. The van der Waals surface area contributed by atoms with Crippen LogP contribution in [0, 0.1) is 0 Å². The molecular weight excluding hydrogens is 792 g/mol. The highest BCUT2D eigenvalue weighted by atomic mass is 16.7. The number of carbonyl (C=O) groups excluding carboxylic acids is 8. The zero-order valence-corrected chi connectivity index (χ0v) is 33.2. The van der Waals surface area contributed by atoms with Gasteiger partial charge in [-0.1, -0.05) is 24.3 Å². The molecule has 1 fully saturated rings. The molecule has 0 N–H and O–H groups in total. The van der Waals surface area contributed by atoms with Gasteiger partial charge in [0.2, 0.25) is 12.4 Å². The van der Waals surface area contributed by atoms with Crippen LogP contribution < -0.4 is 23.7 Å². The fraction of sp³-hybridized carbons (Fsp3) is 0.333. The summed E-state index contributed by atoms with van der Waals surface area (Å²) < 4.78 is 56.0. The molecule has 0 aromatic heterocycles. The van der Waals surface area contributed by atoms with Gasteiger partial charge < -0.3 is 47.4 Å². The molecule has 18 heteroatoms. The summed E-state index contributed by atoms with van der Waals surface area (Å²) in [5.74, 6) is -5.63. The zero-order valence-electron chi connectivity index (χ0n) is 33.2. The average Bonchev–Trinajstić information content (AvgIpc) is 3.15. The number of hydrogen-bond donors (Lipinski definition) is 0. The number of ketones is 1. The second-order valence-electron chi connectivity index (χ2n) is 13.3. The van der Waals surface area contributed by atoms with Crippen molar-refractivity contribution in [2.75, 3.05) is 6.61 Å². The molecule has 2 aliphatic rings. The third-order valence-electron chi connectivity index (χ3n) is 8.42. The summed E-state index contributed by atoms with van der Waals surface area (Å²) >= 11 is 0. The smallest absolute Gasteiger partial charge is 0.330 e. The number of fused-ring (bicyclic) bond motifs is 1. The minimum atomic E-state index is -1.70. The van der Waals surface area contributed by atoms with Crippen LogP contribution in [-0.2, 0) is 57.2 Å². The third kappa shape index (κ3) is 12.0. The van der Waals surface area contributed by atoms with Crippen molar-refractivity contribution in [1.29, 1.82) is 0 Å². The summed E-state index contributed by atoms with van der Waals surface area (Å²) in [6.45, 7) is 6.19. The Morgan fingerprint density at radius 2 is 1.20 bits per heavy atom. The van der Waals surface area contributed by atoms with Gasteiger partial charge in [0.1, 0.15) is 53.1 Å². The van der Waals surface area contributed by atoms with Crippen molar-refractivity contribution in [2.45, 2.75) is 84.8 Å². The van der Waals surface area contributed by atoms with E-state index in [1.807, 2.05) is 0 Å². The van der Waals surface area contributed by atoms with E-state index < -0.39 is 91.0 Å². The van der Waals surface area contributed by atoms with Gasteiger partial charge in [0.25, 0.3) is 0 Å². The number of esters is 7.